The van der Waals surface area contributed by atoms with Gasteiger partial charge in [0.2, 0.25) is 0 Å². The third-order valence-corrected chi connectivity index (χ3v) is 9.27. The average molecular weight is 493 g/mol. The quantitative estimate of drug-likeness (QED) is 0.169. The average Bonchev–Trinajstić information content (AvgIpc) is 2.87. The zero-order valence-electron chi connectivity index (χ0n) is 22.4. The van der Waals surface area contributed by atoms with Crippen molar-refractivity contribution >= 4 is 0 Å². The van der Waals surface area contributed by atoms with Gasteiger partial charge in [0.1, 0.15) is 0 Å². The number of halogens is 3. The van der Waals surface area contributed by atoms with Crippen LogP contribution in [0.3, 0.4) is 0 Å². The molecule has 2 aliphatic carbocycles. The summed E-state index contributed by atoms with van der Waals surface area (Å²) >= 11 is 0. The molecular formula is C32H51F3. The molecule has 0 heterocycles. The van der Waals surface area contributed by atoms with Crippen LogP contribution in [-0.4, -0.2) is 0 Å². The fraction of sp³-hybridized carbons (Fsp3) is 0.812. The largest absolute Gasteiger partial charge is 0.204 e. The molecule has 35 heavy (non-hydrogen) atoms. The topological polar surface area (TPSA) is 0 Å². The van der Waals surface area contributed by atoms with Gasteiger partial charge < -0.3 is 0 Å². The van der Waals surface area contributed by atoms with Gasteiger partial charge in [-0.1, -0.05) is 129 Å². The lowest BCUT2D eigenvalue weighted by atomic mass is 9.74. The maximum absolute atomic E-state index is 13.4. The van der Waals surface area contributed by atoms with Crippen LogP contribution >= 0.6 is 0 Å². The van der Waals surface area contributed by atoms with Crippen molar-refractivity contribution in [3.05, 3.63) is 35.1 Å². The summed E-state index contributed by atoms with van der Waals surface area (Å²) in [5, 5.41) is 0. The van der Waals surface area contributed by atoms with Crippen LogP contribution in [0.15, 0.2) is 12.1 Å². The molecule has 200 valence electrons. The van der Waals surface area contributed by atoms with Crippen LogP contribution in [-0.2, 0) is 6.42 Å². The molecule has 0 atom stereocenters. The minimum Gasteiger partial charge on any atom is -0.204 e. The second-order valence-electron chi connectivity index (χ2n) is 12.0. The predicted molar refractivity (Wildman–Crippen MR) is 142 cm³/mol. The van der Waals surface area contributed by atoms with E-state index >= 15 is 0 Å². The van der Waals surface area contributed by atoms with E-state index in [2.05, 4.69) is 6.92 Å². The molecule has 3 rings (SSSR count). The smallest absolute Gasteiger partial charge is 0.194 e. The standard InChI is InChI=1S/C32H51F3/c1-2-3-4-5-6-7-8-9-10-25-11-13-26(14-12-25)15-16-27-17-19-28(20-18-27)21-22-29-23-30(33)32(35)31(34)24-29/h23-28H,2-22H2,1H3. The molecule has 0 N–H and O–H groups in total. The van der Waals surface area contributed by atoms with E-state index in [1.807, 2.05) is 0 Å². The van der Waals surface area contributed by atoms with Gasteiger partial charge in [0, 0.05) is 0 Å². The Bertz CT molecular complexity index is 676. The van der Waals surface area contributed by atoms with E-state index in [0.717, 1.165) is 36.3 Å². The highest BCUT2D eigenvalue weighted by Gasteiger charge is 2.25. The zero-order chi connectivity index (χ0) is 24.9. The molecule has 0 amide bonds. The fourth-order valence-electron chi connectivity index (χ4n) is 6.78. The van der Waals surface area contributed by atoms with E-state index in [1.165, 1.54) is 122 Å². The van der Waals surface area contributed by atoms with Crippen molar-refractivity contribution in [2.45, 2.75) is 142 Å². The first-order valence-electron chi connectivity index (χ1n) is 15.2. The van der Waals surface area contributed by atoms with Gasteiger partial charge in [-0.25, -0.2) is 13.2 Å². The van der Waals surface area contributed by atoms with E-state index in [-0.39, 0.29) is 0 Å². The fourth-order valence-corrected chi connectivity index (χ4v) is 6.78. The Morgan fingerprint density at radius 1 is 0.543 bits per heavy atom. The number of hydrogen-bond acceptors (Lipinski definition) is 0. The zero-order valence-corrected chi connectivity index (χ0v) is 22.4. The maximum Gasteiger partial charge on any atom is 0.194 e. The highest BCUT2D eigenvalue weighted by atomic mass is 19.2. The summed E-state index contributed by atoms with van der Waals surface area (Å²) in [6.07, 6.45) is 28.3. The lowest BCUT2D eigenvalue weighted by Crippen LogP contribution is -2.18. The molecular weight excluding hydrogens is 441 g/mol. The monoisotopic (exact) mass is 492 g/mol. The molecule has 0 aliphatic heterocycles. The third-order valence-electron chi connectivity index (χ3n) is 9.27. The highest BCUT2D eigenvalue weighted by molar-refractivity contribution is 5.19. The summed E-state index contributed by atoms with van der Waals surface area (Å²) in [5.74, 6) is 0.00918. The maximum atomic E-state index is 13.4. The predicted octanol–water partition coefficient (Wildman–Crippen LogP) is 11.0. The van der Waals surface area contributed by atoms with E-state index in [4.69, 9.17) is 0 Å². The van der Waals surface area contributed by atoms with Crippen molar-refractivity contribution in [3.8, 4) is 0 Å². The number of benzene rings is 1. The van der Waals surface area contributed by atoms with Crippen LogP contribution in [0.1, 0.15) is 141 Å². The number of rotatable bonds is 15. The molecule has 0 nitrogen and oxygen atoms in total. The molecule has 2 fully saturated rings. The minimum absolute atomic E-state index is 0.585. The lowest BCUT2D eigenvalue weighted by molar-refractivity contribution is 0.208. The molecule has 2 saturated carbocycles. The summed E-state index contributed by atoms with van der Waals surface area (Å²) in [4.78, 5) is 0. The molecule has 0 radical (unpaired) electrons. The third kappa shape index (κ3) is 10.5. The molecule has 0 spiro atoms. The summed E-state index contributed by atoms with van der Waals surface area (Å²) in [7, 11) is 0. The van der Waals surface area contributed by atoms with Crippen molar-refractivity contribution in [3.63, 3.8) is 0 Å². The second-order valence-corrected chi connectivity index (χ2v) is 12.0. The second kappa shape index (κ2) is 16.0. The van der Waals surface area contributed by atoms with Gasteiger partial charge in [0.05, 0.1) is 0 Å². The van der Waals surface area contributed by atoms with Gasteiger partial charge in [-0.2, -0.15) is 0 Å². The first kappa shape index (κ1) is 28.6. The molecule has 1 aromatic carbocycles. The Morgan fingerprint density at radius 3 is 1.43 bits per heavy atom. The Balaban J connectivity index is 1.19. The summed E-state index contributed by atoms with van der Waals surface area (Å²) in [6.45, 7) is 2.29. The lowest BCUT2D eigenvalue weighted by Gasteiger charge is -2.32. The molecule has 0 saturated heterocycles. The van der Waals surface area contributed by atoms with Crippen LogP contribution in [0.25, 0.3) is 0 Å². The van der Waals surface area contributed by atoms with Crippen LogP contribution in [0.5, 0.6) is 0 Å². The summed E-state index contributed by atoms with van der Waals surface area (Å²) < 4.78 is 40.0. The molecule has 0 unspecified atom stereocenters. The summed E-state index contributed by atoms with van der Waals surface area (Å²) in [5.41, 5.74) is 0.585. The van der Waals surface area contributed by atoms with E-state index in [9.17, 15) is 13.2 Å². The molecule has 0 bridgehead atoms. The van der Waals surface area contributed by atoms with Crippen LogP contribution in [0, 0.1) is 41.1 Å². The van der Waals surface area contributed by atoms with Gasteiger partial charge in [-0.05, 0) is 54.2 Å². The Morgan fingerprint density at radius 2 is 0.943 bits per heavy atom. The molecule has 3 heteroatoms. The molecule has 1 aromatic rings. The van der Waals surface area contributed by atoms with E-state index in [1.54, 1.807) is 0 Å². The van der Waals surface area contributed by atoms with Crippen molar-refractivity contribution < 1.29 is 13.2 Å². The Kier molecular flexibility index (Phi) is 13.0. The molecule has 0 aromatic heterocycles. The van der Waals surface area contributed by atoms with Gasteiger partial charge in [0.15, 0.2) is 17.5 Å². The number of aryl methyl sites for hydroxylation is 1. The molecule has 2 aliphatic rings. The Hall–Kier alpha value is -0.990. The first-order valence-corrected chi connectivity index (χ1v) is 15.2. The van der Waals surface area contributed by atoms with Gasteiger partial charge in [-0.3, -0.25) is 0 Å². The minimum atomic E-state index is -1.36. The van der Waals surface area contributed by atoms with Crippen LogP contribution in [0.2, 0.25) is 0 Å². The van der Waals surface area contributed by atoms with E-state index < -0.39 is 17.5 Å². The number of unbranched alkanes of at least 4 members (excludes halogenated alkanes) is 7. The van der Waals surface area contributed by atoms with Gasteiger partial charge in [-0.15, -0.1) is 0 Å². The van der Waals surface area contributed by atoms with Crippen molar-refractivity contribution in [1.29, 1.82) is 0 Å². The highest BCUT2D eigenvalue weighted by Crippen LogP contribution is 2.38. The van der Waals surface area contributed by atoms with Crippen LogP contribution in [0.4, 0.5) is 13.2 Å². The normalized spacial score (nSPS) is 25.1. The Labute approximate surface area is 213 Å². The van der Waals surface area contributed by atoms with Crippen molar-refractivity contribution in [1.82, 2.24) is 0 Å². The van der Waals surface area contributed by atoms with E-state index in [0.29, 0.717) is 17.9 Å². The van der Waals surface area contributed by atoms with Crippen molar-refractivity contribution in [2.75, 3.05) is 0 Å². The van der Waals surface area contributed by atoms with Crippen molar-refractivity contribution in [2.24, 2.45) is 23.7 Å². The number of hydrogen-bond donors (Lipinski definition) is 0. The van der Waals surface area contributed by atoms with Gasteiger partial charge >= 0.3 is 0 Å². The van der Waals surface area contributed by atoms with Gasteiger partial charge in [0.25, 0.3) is 0 Å². The summed E-state index contributed by atoms with van der Waals surface area (Å²) in [6, 6.07) is 2.32. The first-order chi connectivity index (χ1) is 17.0. The van der Waals surface area contributed by atoms with Crippen LogP contribution < -0.4 is 0 Å². The SMILES string of the molecule is CCCCCCCCCCC1CCC(CCC2CCC(CCc3cc(F)c(F)c(F)c3)CC2)CC1.